The number of rotatable bonds is 2. The van der Waals surface area contributed by atoms with Crippen LogP contribution in [0, 0.1) is 0 Å². The molecule has 3 heteroatoms. The van der Waals surface area contributed by atoms with E-state index in [1.54, 1.807) is 12.1 Å². The molecule has 0 aromatic heterocycles. The number of halogens is 3. The summed E-state index contributed by atoms with van der Waals surface area (Å²) in [5.74, 6) is 0.649. The van der Waals surface area contributed by atoms with Crippen LogP contribution in [-0.4, -0.2) is 0 Å². The topological polar surface area (TPSA) is 0 Å². The molecule has 1 fully saturated rings. The Balaban J connectivity index is 1.77. The molecule has 116 valence electrons. The molecule has 0 N–H and O–H groups in total. The number of hydrogen-bond donors (Lipinski definition) is 0. The second-order valence-electron chi connectivity index (χ2n) is 6.03. The van der Waals surface area contributed by atoms with E-state index in [2.05, 4.69) is 12.1 Å². The van der Waals surface area contributed by atoms with Gasteiger partial charge in [0.1, 0.15) is 0 Å². The Kier molecular flexibility index (Phi) is 4.23. The van der Waals surface area contributed by atoms with E-state index in [1.165, 1.54) is 37.7 Å². The summed E-state index contributed by atoms with van der Waals surface area (Å²) in [6, 6.07) is 13.7. The molecule has 1 aliphatic carbocycles. The molecule has 1 saturated carbocycles. The normalized spacial score (nSPS) is 16.7. The summed E-state index contributed by atoms with van der Waals surface area (Å²) in [6.07, 6.45) is 2.15. The first kappa shape index (κ1) is 15.1. The van der Waals surface area contributed by atoms with Gasteiger partial charge in [-0.1, -0.05) is 55.7 Å². The van der Waals surface area contributed by atoms with Gasteiger partial charge in [0.2, 0.25) is 0 Å². The van der Waals surface area contributed by atoms with Crippen molar-refractivity contribution in [1.29, 1.82) is 0 Å². The molecular weight excluding hydrogens is 285 g/mol. The van der Waals surface area contributed by atoms with E-state index in [4.69, 9.17) is 0 Å². The molecule has 0 spiro atoms. The summed E-state index contributed by atoms with van der Waals surface area (Å²) >= 11 is 0. The average molecular weight is 304 g/mol. The summed E-state index contributed by atoms with van der Waals surface area (Å²) in [4.78, 5) is 0. The molecule has 0 radical (unpaired) electrons. The van der Waals surface area contributed by atoms with Crippen molar-refractivity contribution in [2.24, 2.45) is 0 Å². The first-order chi connectivity index (χ1) is 10.5. The van der Waals surface area contributed by atoms with Crippen LogP contribution in [0.3, 0.4) is 0 Å². The molecule has 0 amide bonds. The lowest BCUT2D eigenvalue weighted by Crippen LogP contribution is -2.04. The van der Waals surface area contributed by atoms with Crippen LogP contribution in [-0.2, 0) is 6.18 Å². The van der Waals surface area contributed by atoms with Gasteiger partial charge in [0, 0.05) is 0 Å². The predicted octanol–water partition coefficient (Wildman–Crippen LogP) is 6.42. The third-order valence-electron chi connectivity index (χ3n) is 4.53. The van der Waals surface area contributed by atoms with Crippen LogP contribution in [0.15, 0.2) is 48.5 Å². The van der Waals surface area contributed by atoms with Gasteiger partial charge in [0.25, 0.3) is 0 Å². The molecule has 0 saturated heterocycles. The third kappa shape index (κ3) is 3.34. The van der Waals surface area contributed by atoms with E-state index in [0.29, 0.717) is 5.92 Å². The van der Waals surface area contributed by atoms with Crippen molar-refractivity contribution in [1.82, 2.24) is 0 Å². The van der Waals surface area contributed by atoms with Crippen LogP contribution >= 0.6 is 0 Å². The molecule has 0 atom stereocenters. The highest BCUT2D eigenvalue weighted by Gasteiger charge is 2.29. The molecular formula is C19H19F3. The SMILES string of the molecule is FC(F)(F)c1ccc(-c2ccc(C3CCCCC3)cc2)cc1. The van der Waals surface area contributed by atoms with Gasteiger partial charge in [0.15, 0.2) is 0 Å². The van der Waals surface area contributed by atoms with Crippen LogP contribution in [0.5, 0.6) is 0 Å². The van der Waals surface area contributed by atoms with Gasteiger partial charge in [0.05, 0.1) is 5.56 Å². The molecule has 0 unspecified atom stereocenters. The van der Waals surface area contributed by atoms with Crippen molar-refractivity contribution in [3.05, 3.63) is 59.7 Å². The number of alkyl halides is 3. The van der Waals surface area contributed by atoms with Gasteiger partial charge in [-0.3, -0.25) is 0 Å². The van der Waals surface area contributed by atoms with E-state index < -0.39 is 11.7 Å². The van der Waals surface area contributed by atoms with Crippen molar-refractivity contribution < 1.29 is 13.2 Å². The van der Waals surface area contributed by atoms with Gasteiger partial charge in [-0.2, -0.15) is 13.2 Å². The third-order valence-corrected chi connectivity index (χ3v) is 4.53. The van der Waals surface area contributed by atoms with Gasteiger partial charge in [-0.25, -0.2) is 0 Å². The molecule has 0 aliphatic heterocycles. The van der Waals surface area contributed by atoms with Gasteiger partial charge in [-0.15, -0.1) is 0 Å². The van der Waals surface area contributed by atoms with Crippen LogP contribution in [0.4, 0.5) is 13.2 Å². The standard InChI is InChI=1S/C19H19F3/c20-19(21,22)18-12-10-17(11-13-18)16-8-6-15(7-9-16)14-4-2-1-3-5-14/h6-14H,1-5H2. The Labute approximate surface area is 129 Å². The summed E-state index contributed by atoms with van der Waals surface area (Å²) < 4.78 is 37.7. The Morgan fingerprint density at radius 1 is 0.682 bits per heavy atom. The molecule has 3 rings (SSSR count). The Morgan fingerprint density at radius 2 is 1.18 bits per heavy atom. The van der Waals surface area contributed by atoms with Crippen molar-refractivity contribution >= 4 is 0 Å². The van der Waals surface area contributed by atoms with Gasteiger partial charge >= 0.3 is 6.18 Å². The van der Waals surface area contributed by atoms with Crippen molar-refractivity contribution in [2.75, 3.05) is 0 Å². The molecule has 0 heterocycles. The molecule has 2 aromatic rings. The highest BCUT2D eigenvalue weighted by atomic mass is 19.4. The second-order valence-corrected chi connectivity index (χ2v) is 6.03. The Bertz CT molecular complexity index is 603. The molecule has 0 nitrogen and oxygen atoms in total. The highest BCUT2D eigenvalue weighted by Crippen LogP contribution is 2.34. The van der Waals surface area contributed by atoms with E-state index >= 15 is 0 Å². The van der Waals surface area contributed by atoms with Crippen LogP contribution in [0.1, 0.15) is 49.1 Å². The smallest absolute Gasteiger partial charge is 0.166 e. The zero-order chi connectivity index (χ0) is 15.6. The first-order valence-electron chi connectivity index (χ1n) is 7.81. The van der Waals surface area contributed by atoms with Crippen LogP contribution in [0.25, 0.3) is 11.1 Å². The minimum Gasteiger partial charge on any atom is -0.166 e. The summed E-state index contributed by atoms with van der Waals surface area (Å²) in [6.45, 7) is 0. The van der Waals surface area contributed by atoms with Crippen LogP contribution in [0.2, 0.25) is 0 Å². The van der Waals surface area contributed by atoms with Crippen molar-refractivity contribution in [2.45, 2.75) is 44.2 Å². The van der Waals surface area contributed by atoms with Crippen molar-refractivity contribution in [3.8, 4) is 11.1 Å². The molecule has 2 aromatic carbocycles. The number of hydrogen-bond acceptors (Lipinski definition) is 0. The lowest BCUT2D eigenvalue weighted by Gasteiger charge is -2.22. The fraction of sp³-hybridized carbons (Fsp3) is 0.368. The Hall–Kier alpha value is -1.77. The largest absolute Gasteiger partial charge is 0.416 e. The number of benzene rings is 2. The predicted molar refractivity (Wildman–Crippen MR) is 82.7 cm³/mol. The van der Waals surface area contributed by atoms with E-state index in [1.807, 2.05) is 12.1 Å². The fourth-order valence-corrected chi connectivity index (χ4v) is 3.24. The maximum Gasteiger partial charge on any atom is 0.416 e. The minimum atomic E-state index is -4.27. The fourth-order valence-electron chi connectivity index (χ4n) is 3.24. The highest BCUT2D eigenvalue weighted by molar-refractivity contribution is 5.64. The monoisotopic (exact) mass is 304 g/mol. The van der Waals surface area contributed by atoms with E-state index in [9.17, 15) is 13.2 Å². The quantitative estimate of drug-likeness (QED) is 0.600. The van der Waals surface area contributed by atoms with E-state index in [0.717, 1.165) is 23.3 Å². The zero-order valence-electron chi connectivity index (χ0n) is 12.4. The first-order valence-corrected chi connectivity index (χ1v) is 7.81. The lowest BCUT2D eigenvalue weighted by atomic mass is 9.84. The van der Waals surface area contributed by atoms with Crippen LogP contribution < -0.4 is 0 Å². The minimum absolute atomic E-state index is 0.602. The molecule has 0 bridgehead atoms. The summed E-state index contributed by atoms with van der Waals surface area (Å²) in [5.41, 5.74) is 2.54. The maximum absolute atomic E-state index is 12.6. The second kappa shape index (κ2) is 6.15. The van der Waals surface area contributed by atoms with Crippen molar-refractivity contribution in [3.63, 3.8) is 0 Å². The van der Waals surface area contributed by atoms with E-state index in [-0.39, 0.29) is 0 Å². The summed E-state index contributed by atoms with van der Waals surface area (Å²) in [7, 11) is 0. The Morgan fingerprint density at radius 3 is 1.68 bits per heavy atom. The molecule has 1 aliphatic rings. The summed E-state index contributed by atoms with van der Waals surface area (Å²) in [5, 5.41) is 0. The molecule has 22 heavy (non-hydrogen) atoms. The van der Waals surface area contributed by atoms with Gasteiger partial charge in [-0.05, 0) is 47.6 Å². The average Bonchev–Trinajstić information content (AvgIpc) is 2.55. The maximum atomic E-state index is 12.6. The van der Waals surface area contributed by atoms with Gasteiger partial charge < -0.3 is 0 Å². The lowest BCUT2D eigenvalue weighted by molar-refractivity contribution is -0.137. The zero-order valence-corrected chi connectivity index (χ0v) is 12.4.